The van der Waals surface area contributed by atoms with Gasteiger partial charge in [0, 0.05) is 36.2 Å². The van der Waals surface area contributed by atoms with Crippen molar-refractivity contribution in [2.24, 2.45) is 5.92 Å². The van der Waals surface area contributed by atoms with Crippen molar-refractivity contribution in [3.63, 3.8) is 0 Å². The summed E-state index contributed by atoms with van der Waals surface area (Å²) in [6.07, 6.45) is 2.44. The molecule has 20 heavy (non-hydrogen) atoms. The number of benzene rings is 1. The van der Waals surface area contributed by atoms with E-state index < -0.39 is 0 Å². The molecule has 3 nitrogen and oxygen atoms in total. The molecule has 0 spiro atoms. The molecule has 0 bridgehead atoms. The van der Waals surface area contributed by atoms with Crippen LogP contribution < -0.4 is 10.1 Å². The van der Waals surface area contributed by atoms with E-state index in [2.05, 4.69) is 55.4 Å². The van der Waals surface area contributed by atoms with Gasteiger partial charge in [-0.2, -0.15) is 0 Å². The van der Waals surface area contributed by atoms with Gasteiger partial charge in [-0.15, -0.1) is 0 Å². The van der Waals surface area contributed by atoms with E-state index in [0.717, 1.165) is 12.4 Å². The van der Waals surface area contributed by atoms with E-state index in [4.69, 9.17) is 4.74 Å². The third-order valence-corrected chi connectivity index (χ3v) is 5.18. The van der Waals surface area contributed by atoms with Crippen LogP contribution in [0, 0.1) is 5.92 Å². The Morgan fingerprint density at radius 3 is 2.65 bits per heavy atom. The number of ether oxygens (including phenoxy) is 1. The molecule has 0 amide bonds. The van der Waals surface area contributed by atoms with E-state index in [1.807, 2.05) is 0 Å². The van der Waals surface area contributed by atoms with Crippen molar-refractivity contribution in [3.8, 4) is 5.75 Å². The van der Waals surface area contributed by atoms with Crippen molar-refractivity contribution in [1.82, 2.24) is 10.2 Å². The fourth-order valence-electron chi connectivity index (χ4n) is 3.58. The number of hydrogen-bond acceptors (Lipinski definition) is 3. The molecule has 1 aromatic carbocycles. The van der Waals surface area contributed by atoms with Gasteiger partial charge in [-0.25, -0.2) is 0 Å². The number of piperidine rings is 1. The van der Waals surface area contributed by atoms with Gasteiger partial charge in [0.2, 0.25) is 0 Å². The van der Waals surface area contributed by atoms with Crippen molar-refractivity contribution in [2.45, 2.75) is 38.3 Å². The smallest absolute Gasteiger partial charge is 0.124 e. The van der Waals surface area contributed by atoms with Gasteiger partial charge in [-0.05, 0) is 32.9 Å². The van der Waals surface area contributed by atoms with Gasteiger partial charge in [0.1, 0.15) is 5.75 Å². The van der Waals surface area contributed by atoms with E-state index in [1.54, 1.807) is 0 Å². The molecule has 3 heteroatoms. The Morgan fingerprint density at radius 1 is 1.25 bits per heavy atom. The molecule has 0 aliphatic carbocycles. The fourth-order valence-corrected chi connectivity index (χ4v) is 3.58. The Morgan fingerprint density at radius 2 is 1.95 bits per heavy atom. The van der Waals surface area contributed by atoms with Gasteiger partial charge in [0.15, 0.2) is 0 Å². The minimum Gasteiger partial charge on any atom is -0.493 e. The summed E-state index contributed by atoms with van der Waals surface area (Å²) < 4.78 is 5.88. The number of para-hydroxylation sites is 1. The molecule has 1 fully saturated rings. The first-order chi connectivity index (χ1) is 9.63. The molecule has 0 radical (unpaired) electrons. The zero-order valence-electron chi connectivity index (χ0n) is 12.9. The maximum Gasteiger partial charge on any atom is 0.124 e. The summed E-state index contributed by atoms with van der Waals surface area (Å²) in [5.41, 5.74) is 1.68. The molecular weight excluding hydrogens is 248 g/mol. The molecule has 1 aromatic rings. The Kier molecular flexibility index (Phi) is 3.74. The number of nitrogens with one attached hydrogen (secondary N) is 1. The standard InChI is InChI=1S/C17H26N2O/c1-13-12-20-15-7-5-4-6-14(15)16(13)19-10-8-17(2,18-3)9-11-19/h4-7,13,16,18H,8-12H2,1-3H3. The SMILES string of the molecule is CNC1(C)CCN(C2c3ccccc3OCC2C)CC1. The molecule has 2 atom stereocenters. The van der Waals surface area contributed by atoms with E-state index in [0.29, 0.717) is 17.5 Å². The zero-order valence-corrected chi connectivity index (χ0v) is 12.9. The van der Waals surface area contributed by atoms with Crippen LogP contribution in [-0.4, -0.2) is 37.2 Å². The quantitative estimate of drug-likeness (QED) is 0.897. The second-order valence-electron chi connectivity index (χ2n) is 6.62. The first-order valence-corrected chi connectivity index (χ1v) is 7.78. The average Bonchev–Trinajstić information content (AvgIpc) is 2.49. The third-order valence-electron chi connectivity index (χ3n) is 5.18. The van der Waals surface area contributed by atoms with Crippen LogP contribution in [0.4, 0.5) is 0 Å². The number of rotatable bonds is 2. The van der Waals surface area contributed by atoms with Gasteiger partial charge in [-0.1, -0.05) is 25.1 Å². The van der Waals surface area contributed by atoms with Crippen LogP contribution in [-0.2, 0) is 0 Å². The lowest BCUT2D eigenvalue weighted by Crippen LogP contribution is -2.52. The van der Waals surface area contributed by atoms with E-state index in [9.17, 15) is 0 Å². The maximum absolute atomic E-state index is 5.88. The Balaban J connectivity index is 1.80. The van der Waals surface area contributed by atoms with Gasteiger partial charge in [-0.3, -0.25) is 4.90 Å². The van der Waals surface area contributed by atoms with Gasteiger partial charge in [0.05, 0.1) is 6.61 Å². The lowest BCUT2D eigenvalue weighted by Gasteiger charge is -2.46. The van der Waals surface area contributed by atoms with Crippen molar-refractivity contribution in [3.05, 3.63) is 29.8 Å². The fraction of sp³-hybridized carbons (Fsp3) is 0.647. The molecule has 2 aliphatic heterocycles. The Labute approximate surface area is 122 Å². The molecule has 2 unspecified atom stereocenters. The lowest BCUT2D eigenvalue weighted by molar-refractivity contribution is 0.0513. The molecule has 2 heterocycles. The zero-order chi connectivity index (χ0) is 14.2. The second kappa shape index (κ2) is 5.38. The lowest BCUT2D eigenvalue weighted by atomic mass is 9.85. The van der Waals surface area contributed by atoms with Crippen molar-refractivity contribution < 1.29 is 4.74 Å². The second-order valence-corrected chi connectivity index (χ2v) is 6.62. The van der Waals surface area contributed by atoms with E-state index in [-0.39, 0.29) is 0 Å². The summed E-state index contributed by atoms with van der Waals surface area (Å²) in [4.78, 5) is 2.66. The van der Waals surface area contributed by atoms with Crippen molar-refractivity contribution in [1.29, 1.82) is 0 Å². The van der Waals surface area contributed by atoms with Gasteiger partial charge < -0.3 is 10.1 Å². The van der Waals surface area contributed by atoms with Crippen LogP contribution in [0.3, 0.4) is 0 Å². The van der Waals surface area contributed by atoms with Gasteiger partial charge in [0.25, 0.3) is 0 Å². The molecule has 110 valence electrons. The predicted molar refractivity (Wildman–Crippen MR) is 82.1 cm³/mol. The van der Waals surface area contributed by atoms with Crippen LogP contribution in [0.2, 0.25) is 0 Å². The van der Waals surface area contributed by atoms with Crippen LogP contribution in [0.15, 0.2) is 24.3 Å². The molecule has 3 rings (SSSR count). The van der Waals surface area contributed by atoms with E-state index >= 15 is 0 Å². The average molecular weight is 274 g/mol. The number of nitrogens with zero attached hydrogens (tertiary/aromatic N) is 1. The molecule has 1 N–H and O–H groups in total. The number of hydrogen-bond donors (Lipinski definition) is 1. The predicted octanol–water partition coefficient (Wildman–Crippen LogP) is 2.83. The normalized spacial score (nSPS) is 29.6. The largest absolute Gasteiger partial charge is 0.493 e. The minimum atomic E-state index is 0.310. The number of fused-ring (bicyclic) bond motifs is 1. The first-order valence-electron chi connectivity index (χ1n) is 7.78. The minimum absolute atomic E-state index is 0.310. The van der Waals surface area contributed by atoms with Crippen LogP contribution in [0.1, 0.15) is 38.3 Å². The van der Waals surface area contributed by atoms with Crippen LogP contribution in [0.25, 0.3) is 0 Å². The Bertz CT molecular complexity index is 466. The van der Waals surface area contributed by atoms with Crippen molar-refractivity contribution in [2.75, 3.05) is 26.7 Å². The summed E-state index contributed by atoms with van der Waals surface area (Å²) in [7, 11) is 2.09. The summed E-state index contributed by atoms with van der Waals surface area (Å²) >= 11 is 0. The first kappa shape index (κ1) is 13.9. The topological polar surface area (TPSA) is 24.5 Å². The van der Waals surface area contributed by atoms with Crippen LogP contribution >= 0.6 is 0 Å². The summed E-state index contributed by atoms with van der Waals surface area (Å²) in [5, 5.41) is 3.48. The summed E-state index contributed by atoms with van der Waals surface area (Å²) in [5.74, 6) is 1.64. The molecule has 0 saturated carbocycles. The molecular formula is C17H26N2O. The highest BCUT2D eigenvalue weighted by Gasteiger charge is 2.37. The molecule has 2 aliphatic rings. The highest BCUT2D eigenvalue weighted by atomic mass is 16.5. The summed E-state index contributed by atoms with van der Waals surface area (Å²) in [6.45, 7) is 7.82. The monoisotopic (exact) mass is 274 g/mol. The van der Waals surface area contributed by atoms with Crippen molar-refractivity contribution >= 4 is 0 Å². The Hall–Kier alpha value is -1.06. The number of likely N-dealkylation sites (tertiary alicyclic amines) is 1. The third kappa shape index (κ3) is 2.45. The molecule has 0 aromatic heterocycles. The molecule has 1 saturated heterocycles. The van der Waals surface area contributed by atoms with Gasteiger partial charge >= 0.3 is 0 Å². The maximum atomic E-state index is 5.88. The van der Waals surface area contributed by atoms with E-state index in [1.165, 1.54) is 31.5 Å². The highest BCUT2D eigenvalue weighted by Crippen LogP contribution is 2.40. The summed E-state index contributed by atoms with van der Waals surface area (Å²) in [6, 6.07) is 9.06. The van der Waals surface area contributed by atoms with Crippen LogP contribution in [0.5, 0.6) is 5.75 Å². The highest BCUT2D eigenvalue weighted by molar-refractivity contribution is 5.38.